The molecule has 1 aromatic rings. The number of rotatable bonds is 4. The Morgan fingerprint density at radius 3 is 2.75 bits per heavy atom. The Labute approximate surface area is 99.8 Å². The zero-order valence-electron chi connectivity index (χ0n) is 9.49. The van der Waals surface area contributed by atoms with Crippen molar-refractivity contribution in [2.75, 3.05) is 23.5 Å². The smallest absolute Gasteiger partial charge is 0.253 e. The molecule has 4 nitrogen and oxygen atoms in total. The molecular formula is C11H17N3OS. The van der Waals surface area contributed by atoms with Crippen LogP contribution in [0.5, 0.6) is 0 Å². The molecule has 0 heterocycles. The number of benzene rings is 1. The molecule has 1 aromatic carbocycles. The Kier molecular flexibility index (Phi) is 4.49. The van der Waals surface area contributed by atoms with Crippen LogP contribution in [0.25, 0.3) is 0 Å². The molecule has 88 valence electrons. The third kappa shape index (κ3) is 3.34. The number of carbonyl (C=O) groups is 1. The van der Waals surface area contributed by atoms with Crippen LogP contribution in [0, 0.1) is 0 Å². The molecule has 5 N–H and O–H groups in total. The summed E-state index contributed by atoms with van der Waals surface area (Å²) in [7, 11) is 0. The van der Waals surface area contributed by atoms with Crippen molar-refractivity contribution in [2.45, 2.75) is 13.0 Å². The molecule has 0 aliphatic carbocycles. The Morgan fingerprint density at radius 2 is 2.19 bits per heavy atom. The summed E-state index contributed by atoms with van der Waals surface area (Å²) >= 11 is 1.69. The van der Waals surface area contributed by atoms with Crippen LogP contribution in [-0.2, 0) is 0 Å². The largest absolute Gasteiger partial charge is 0.399 e. The minimum absolute atomic E-state index is 0.124. The number of anilines is 2. The first-order valence-electron chi connectivity index (χ1n) is 4.99. The second kappa shape index (κ2) is 5.65. The molecule has 0 fully saturated rings. The average Bonchev–Trinajstić information content (AvgIpc) is 2.17. The fourth-order valence-electron chi connectivity index (χ4n) is 1.38. The maximum absolute atomic E-state index is 11.8. The number of thioether (sulfide) groups is 1. The van der Waals surface area contributed by atoms with Crippen molar-refractivity contribution < 1.29 is 4.79 Å². The summed E-state index contributed by atoms with van der Waals surface area (Å²) in [6.45, 7) is 1.96. The van der Waals surface area contributed by atoms with Crippen LogP contribution in [0.1, 0.15) is 17.3 Å². The molecule has 1 unspecified atom stereocenters. The Bertz CT molecular complexity index is 381. The Balaban J connectivity index is 2.73. The van der Waals surface area contributed by atoms with Crippen molar-refractivity contribution >= 4 is 29.0 Å². The van der Waals surface area contributed by atoms with E-state index in [1.165, 1.54) is 0 Å². The molecule has 1 amide bonds. The highest BCUT2D eigenvalue weighted by atomic mass is 32.2. The monoisotopic (exact) mass is 239 g/mol. The number of nitrogen functional groups attached to an aromatic ring is 2. The first kappa shape index (κ1) is 12.7. The lowest BCUT2D eigenvalue weighted by atomic mass is 10.1. The second-order valence-corrected chi connectivity index (χ2v) is 4.59. The summed E-state index contributed by atoms with van der Waals surface area (Å²) in [6.07, 6.45) is 2.00. The van der Waals surface area contributed by atoms with Gasteiger partial charge in [0.15, 0.2) is 0 Å². The van der Waals surface area contributed by atoms with Gasteiger partial charge in [0.1, 0.15) is 0 Å². The Hall–Kier alpha value is -1.36. The summed E-state index contributed by atoms with van der Waals surface area (Å²) < 4.78 is 0. The van der Waals surface area contributed by atoms with Gasteiger partial charge in [0, 0.05) is 23.2 Å². The zero-order valence-corrected chi connectivity index (χ0v) is 10.3. The number of amides is 1. The lowest BCUT2D eigenvalue weighted by Crippen LogP contribution is -2.34. The third-order valence-electron chi connectivity index (χ3n) is 2.11. The Morgan fingerprint density at radius 1 is 1.50 bits per heavy atom. The van der Waals surface area contributed by atoms with Gasteiger partial charge >= 0.3 is 0 Å². The van der Waals surface area contributed by atoms with E-state index in [-0.39, 0.29) is 11.9 Å². The van der Waals surface area contributed by atoms with E-state index in [1.54, 1.807) is 30.0 Å². The molecule has 0 radical (unpaired) electrons. The molecule has 0 aliphatic rings. The molecule has 0 bridgehead atoms. The van der Waals surface area contributed by atoms with Crippen LogP contribution in [0.15, 0.2) is 18.2 Å². The van der Waals surface area contributed by atoms with Crippen LogP contribution in [0.4, 0.5) is 11.4 Å². The highest BCUT2D eigenvalue weighted by molar-refractivity contribution is 7.98. The molecule has 0 saturated heterocycles. The van der Waals surface area contributed by atoms with Gasteiger partial charge in [-0.1, -0.05) is 0 Å². The van der Waals surface area contributed by atoms with Gasteiger partial charge in [-0.2, -0.15) is 11.8 Å². The second-order valence-electron chi connectivity index (χ2n) is 3.68. The van der Waals surface area contributed by atoms with E-state index in [0.29, 0.717) is 16.9 Å². The van der Waals surface area contributed by atoms with E-state index < -0.39 is 0 Å². The first-order valence-corrected chi connectivity index (χ1v) is 6.38. The molecule has 5 heteroatoms. The SMILES string of the molecule is CSCC(C)NC(=O)c1ccc(N)cc1N. The van der Waals surface area contributed by atoms with Gasteiger partial charge in [0.05, 0.1) is 5.56 Å². The molecule has 1 atom stereocenters. The van der Waals surface area contributed by atoms with Crippen molar-refractivity contribution in [1.29, 1.82) is 0 Å². The summed E-state index contributed by atoms with van der Waals surface area (Å²) in [6, 6.07) is 5.03. The van der Waals surface area contributed by atoms with Crippen LogP contribution in [-0.4, -0.2) is 24.0 Å². The highest BCUT2D eigenvalue weighted by Crippen LogP contribution is 2.15. The van der Waals surface area contributed by atoms with E-state index in [4.69, 9.17) is 11.5 Å². The molecule has 16 heavy (non-hydrogen) atoms. The van der Waals surface area contributed by atoms with Gasteiger partial charge in [0.25, 0.3) is 5.91 Å². The predicted octanol–water partition coefficient (Wildman–Crippen LogP) is 1.33. The van der Waals surface area contributed by atoms with E-state index in [0.717, 1.165) is 5.75 Å². The molecule has 0 saturated carbocycles. The van der Waals surface area contributed by atoms with E-state index >= 15 is 0 Å². The van der Waals surface area contributed by atoms with E-state index in [9.17, 15) is 4.79 Å². The number of hydrogen-bond acceptors (Lipinski definition) is 4. The van der Waals surface area contributed by atoms with Gasteiger partial charge < -0.3 is 16.8 Å². The number of nitrogens with two attached hydrogens (primary N) is 2. The van der Waals surface area contributed by atoms with Crippen molar-refractivity contribution in [3.63, 3.8) is 0 Å². The van der Waals surface area contributed by atoms with Gasteiger partial charge in [0.2, 0.25) is 0 Å². The summed E-state index contributed by atoms with van der Waals surface area (Å²) in [5.41, 5.74) is 12.7. The summed E-state index contributed by atoms with van der Waals surface area (Å²) in [4.78, 5) is 11.8. The number of nitrogens with one attached hydrogen (secondary N) is 1. The van der Waals surface area contributed by atoms with Crippen molar-refractivity contribution in [2.24, 2.45) is 0 Å². The number of carbonyl (C=O) groups excluding carboxylic acids is 1. The van der Waals surface area contributed by atoms with Crippen molar-refractivity contribution in [3.05, 3.63) is 23.8 Å². The summed E-state index contributed by atoms with van der Waals surface area (Å²) in [5, 5.41) is 2.88. The predicted molar refractivity (Wildman–Crippen MR) is 70.6 cm³/mol. The highest BCUT2D eigenvalue weighted by Gasteiger charge is 2.12. The minimum Gasteiger partial charge on any atom is -0.399 e. The zero-order chi connectivity index (χ0) is 12.1. The fourth-order valence-corrected chi connectivity index (χ4v) is 1.96. The van der Waals surface area contributed by atoms with Gasteiger partial charge in [-0.25, -0.2) is 0 Å². The van der Waals surface area contributed by atoms with Crippen LogP contribution < -0.4 is 16.8 Å². The maximum Gasteiger partial charge on any atom is 0.253 e. The topological polar surface area (TPSA) is 81.1 Å². The lowest BCUT2D eigenvalue weighted by Gasteiger charge is -2.13. The molecule has 0 aliphatic heterocycles. The third-order valence-corrected chi connectivity index (χ3v) is 2.95. The molecular weight excluding hydrogens is 222 g/mol. The molecule has 1 rings (SSSR count). The van der Waals surface area contributed by atoms with E-state index in [1.807, 2.05) is 13.2 Å². The van der Waals surface area contributed by atoms with Crippen LogP contribution >= 0.6 is 11.8 Å². The van der Waals surface area contributed by atoms with Crippen molar-refractivity contribution in [3.8, 4) is 0 Å². The van der Waals surface area contributed by atoms with Gasteiger partial charge in [-0.05, 0) is 31.4 Å². The van der Waals surface area contributed by atoms with Gasteiger partial charge in [-0.3, -0.25) is 4.79 Å². The molecule has 0 spiro atoms. The lowest BCUT2D eigenvalue weighted by molar-refractivity contribution is 0.0944. The first-order chi connectivity index (χ1) is 7.54. The van der Waals surface area contributed by atoms with Crippen molar-refractivity contribution in [1.82, 2.24) is 5.32 Å². The van der Waals surface area contributed by atoms with E-state index in [2.05, 4.69) is 5.32 Å². The minimum atomic E-state index is -0.154. The fraction of sp³-hybridized carbons (Fsp3) is 0.364. The average molecular weight is 239 g/mol. The van der Waals surface area contributed by atoms with Gasteiger partial charge in [-0.15, -0.1) is 0 Å². The number of hydrogen-bond donors (Lipinski definition) is 3. The normalized spacial score (nSPS) is 12.1. The quantitative estimate of drug-likeness (QED) is 0.692. The maximum atomic E-state index is 11.8. The summed E-state index contributed by atoms with van der Waals surface area (Å²) in [5.74, 6) is 0.722. The molecule has 0 aromatic heterocycles. The van der Waals surface area contributed by atoms with Crippen LogP contribution in [0.2, 0.25) is 0 Å². The van der Waals surface area contributed by atoms with Crippen LogP contribution in [0.3, 0.4) is 0 Å². The standard InChI is InChI=1S/C11H17N3OS/c1-7(6-16-2)14-11(15)9-4-3-8(12)5-10(9)13/h3-5,7H,6,12-13H2,1-2H3,(H,14,15).